The van der Waals surface area contributed by atoms with Gasteiger partial charge in [-0.1, -0.05) is 6.92 Å². The van der Waals surface area contributed by atoms with Gasteiger partial charge < -0.3 is 10.1 Å². The van der Waals surface area contributed by atoms with Crippen molar-refractivity contribution in [3.05, 3.63) is 0 Å². The highest BCUT2D eigenvalue weighted by Crippen LogP contribution is 2.18. The Morgan fingerprint density at radius 3 is 3.08 bits per heavy atom. The maximum absolute atomic E-state index is 5.56. The van der Waals surface area contributed by atoms with E-state index in [0.717, 1.165) is 19.1 Å². The fourth-order valence-corrected chi connectivity index (χ4v) is 2.77. The number of hydrogen-bond acceptors (Lipinski definition) is 3. The van der Waals surface area contributed by atoms with Gasteiger partial charge >= 0.3 is 0 Å². The zero-order valence-electron chi connectivity index (χ0n) is 8.71. The van der Waals surface area contributed by atoms with Gasteiger partial charge in [-0.3, -0.25) is 0 Å². The summed E-state index contributed by atoms with van der Waals surface area (Å²) < 4.78 is 5.56. The Labute approximate surface area is 85.8 Å². The SMILES string of the molecule is CNCC(C)CSCC1CCCO1. The van der Waals surface area contributed by atoms with Gasteiger partial charge in [0.25, 0.3) is 0 Å². The van der Waals surface area contributed by atoms with Crippen molar-refractivity contribution in [2.24, 2.45) is 5.92 Å². The van der Waals surface area contributed by atoms with Gasteiger partial charge in [0.15, 0.2) is 0 Å². The van der Waals surface area contributed by atoms with Gasteiger partial charge in [-0.25, -0.2) is 0 Å². The largest absolute Gasteiger partial charge is 0.377 e. The summed E-state index contributed by atoms with van der Waals surface area (Å²) in [5.41, 5.74) is 0. The van der Waals surface area contributed by atoms with E-state index in [1.807, 2.05) is 18.8 Å². The molecule has 1 saturated heterocycles. The van der Waals surface area contributed by atoms with Crippen LogP contribution in [-0.2, 0) is 4.74 Å². The molecule has 0 aromatic heterocycles. The topological polar surface area (TPSA) is 21.3 Å². The lowest BCUT2D eigenvalue weighted by atomic mass is 10.2. The third kappa shape index (κ3) is 4.89. The molecule has 3 heteroatoms. The van der Waals surface area contributed by atoms with E-state index in [1.165, 1.54) is 24.3 Å². The van der Waals surface area contributed by atoms with Crippen LogP contribution in [0.25, 0.3) is 0 Å². The zero-order chi connectivity index (χ0) is 9.52. The highest BCUT2D eigenvalue weighted by atomic mass is 32.2. The number of thioether (sulfide) groups is 1. The molecule has 0 saturated carbocycles. The summed E-state index contributed by atoms with van der Waals surface area (Å²) in [5, 5.41) is 3.20. The molecule has 1 heterocycles. The van der Waals surface area contributed by atoms with Crippen molar-refractivity contribution in [2.75, 3.05) is 31.7 Å². The molecule has 1 fully saturated rings. The Kier molecular flexibility index (Phi) is 5.83. The van der Waals surface area contributed by atoms with E-state index >= 15 is 0 Å². The molecule has 0 aliphatic carbocycles. The fraction of sp³-hybridized carbons (Fsp3) is 1.00. The van der Waals surface area contributed by atoms with Crippen molar-refractivity contribution in [2.45, 2.75) is 25.9 Å². The van der Waals surface area contributed by atoms with E-state index in [2.05, 4.69) is 12.2 Å². The summed E-state index contributed by atoms with van der Waals surface area (Å²) in [6, 6.07) is 0. The average molecular weight is 203 g/mol. The summed E-state index contributed by atoms with van der Waals surface area (Å²) in [4.78, 5) is 0. The molecule has 1 aliphatic rings. The summed E-state index contributed by atoms with van der Waals surface area (Å²) in [6.07, 6.45) is 3.08. The first kappa shape index (κ1) is 11.3. The molecule has 2 unspecified atom stereocenters. The molecule has 0 aromatic carbocycles. The molecular weight excluding hydrogens is 182 g/mol. The average Bonchev–Trinajstić information content (AvgIpc) is 2.57. The zero-order valence-corrected chi connectivity index (χ0v) is 9.53. The molecule has 78 valence electrons. The Morgan fingerprint density at radius 1 is 1.62 bits per heavy atom. The monoisotopic (exact) mass is 203 g/mol. The van der Waals surface area contributed by atoms with E-state index in [9.17, 15) is 0 Å². The smallest absolute Gasteiger partial charge is 0.0666 e. The molecular formula is C10H21NOS. The van der Waals surface area contributed by atoms with Crippen LogP contribution in [0.4, 0.5) is 0 Å². The molecule has 0 aromatic rings. The predicted octanol–water partition coefficient (Wildman–Crippen LogP) is 1.75. The number of ether oxygens (including phenoxy) is 1. The minimum Gasteiger partial charge on any atom is -0.377 e. The maximum Gasteiger partial charge on any atom is 0.0666 e. The molecule has 0 bridgehead atoms. The van der Waals surface area contributed by atoms with Gasteiger partial charge in [0, 0.05) is 12.4 Å². The van der Waals surface area contributed by atoms with E-state index < -0.39 is 0 Å². The van der Waals surface area contributed by atoms with Crippen molar-refractivity contribution in [1.82, 2.24) is 5.32 Å². The molecule has 1 rings (SSSR count). The quantitative estimate of drug-likeness (QED) is 0.710. The maximum atomic E-state index is 5.56. The van der Waals surface area contributed by atoms with Crippen LogP contribution in [0, 0.1) is 5.92 Å². The molecule has 0 spiro atoms. The first-order valence-electron chi connectivity index (χ1n) is 5.17. The highest BCUT2D eigenvalue weighted by Gasteiger charge is 2.15. The van der Waals surface area contributed by atoms with Gasteiger partial charge in [-0.15, -0.1) is 0 Å². The van der Waals surface area contributed by atoms with E-state index in [0.29, 0.717) is 6.10 Å². The minimum atomic E-state index is 0.548. The van der Waals surface area contributed by atoms with Crippen LogP contribution in [-0.4, -0.2) is 37.8 Å². The van der Waals surface area contributed by atoms with E-state index in [4.69, 9.17) is 4.74 Å². The lowest BCUT2D eigenvalue weighted by molar-refractivity contribution is 0.129. The van der Waals surface area contributed by atoms with Crippen LogP contribution in [0.2, 0.25) is 0 Å². The Morgan fingerprint density at radius 2 is 2.46 bits per heavy atom. The third-order valence-electron chi connectivity index (χ3n) is 2.28. The van der Waals surface area contributed by atoms with Crippen molar-refractivity contribution < 1.29 is 4.74 Å². The van der Waals surface area contributed by atoms with Crippen LogP contribution in [0.5, 0.6) is 0 Å². The van der Waals surface area contributed by atoms with Crippen molar-refractivity contribution in [3.8, 4) is 0 Å². The fourth-order valence-electron chi connectivity index (χ4n) is 1.58. The minimum absolute atomic E-state index is 0.548. The van der Waals surface area contributed by atoms with Gasteiger partial charge in [0.1, 0.15) is 0 Å². The Hall–Kier alpha value is 0.270. The molecule has 1 N–H and O–H groups in total. The van der Waals surface area contributed by atoms with E-state index in [1.54, 1.807) is 0 Å². The van der Waals surface area contributed by atoms with E-state index in [-0.39, 0.29) is 0 Å². The van der Waals surface area contributed by atoms with Crippen LogP contribution in [0.15, 0.2) is 0 Å². The Bertz CT molecular complexity index is 126. The standard InChI is InChI=1S/C10H21NOS/c1-9(6-11-2)7-13-8-10-4-3-5-12-10/h9-11H,3-8H2,1-2H3. The summed E-state index contributed by atoms with van der Waals surface area (Å²) >= 11 is 2.03. The molecule has 2 atom stereocenters. The van der Waals surface area contributed by atoms with Gasteiger partial charge in [0.05, 0.1) is 6.10 Å². The number of hydrogen-bond donors (Lipinski definition) is 1. The van der Waals surface area contributed by atoms with Gasteiger partial charge in [-0.05, 0) is 38.1 Å². The lowest BCUT2D eigenvalue weighted by Crippen LogP contribution is -2.19. The summed E-state index contributed by atoms with van der Waals surface area (Å²) in [7, 11) is 2.02. The first-order chi connectivity index (χ1) is 6.33. The summed E-state index contributed by atoms with van der Waals surface area (Å²) in [5.74, 6) is 3.21. The molecule has 0 amide bonds. The van der Waals surface area contributed by atoms with Crippen molar-refractivity contribution in [1.29, 1.82) is 0 Å². The predicted molar refractivity (Wildman–Crippen MR) is 59.4 cm³/mol. The molecule has 0 radical (unpaired) electrons. The molecule has 13 heavy (non-hydrogen) atoms. The third-order valence-corrected chi connectivity index (χ3v) is 3.69. The molecule has 2 nitrogen and oxygen atoms in total. The lowest BCUT2D eigenvalue weighted by Gasteiger charge is -2.12. The number of nitrogens with one attached hydrogen (secondary N) is 1. The van der Waals surface area contributed by atoms with Crippen LogP contribution in [0.1, 0.15) is 19.8 Å². The second-order valence-electron chi connectivity index (χ2n) is 3.84. The van der Waals surface area contributed by atoms with Crippen molar-refractivity contribution in [3.63, 3.8) is 0 Å². The number of rotatable bonds is 6. The first-order valence-corrected chi connectivity index (χ1v) is 6.32. The molecule has 1 aliphatic heterocycles. The second kappa shape index (κ2) is 6.68. The second-order valence-corrected chi connectivity index (χ2v) is 4.91. The van der Waals surface area contributed by atoms with Gasteiger partial charge in [0.2, 0.25) is 0 Å². The Balaban J connectivity index is 1.93. The van der Waals surface area contributed by atoms with Crippen molar-refractivity contribution >= 4 is 11.8 Å². The van der Waals surface area contributed by atoms with Crippen LogP contribution >= 0.6 is 11.8 Å². The van der Waals surface area contributed by atoms with Crippen LogP contribution < -0.4 is 5.32 Å². The highest BCUT2D eigenvalue weighted by molar-refractivity contribution is 7.99. The normalized spacial score (nSPS) is 24.9. The van der Waals surface area contributed by atoms with Gasteiger partial charge in [-0.2, -0.15) is 11.8 Å². The summed E-state index contributed by atoms with van der Waals surface area (Å²) in [6.45, 7) is 4.40. The van der Waals surface area contributed by atoms with Crippen LogP contribution in [0.3, 0.4) is 0 Å².